The highest BCUT2D eigenvalue weighted by molar-refractivity contribution is 5.96. The van der Waals surface area contributed by atoms with Gasteiger partial charge in [-0.2, -0.15) is 0 Å². The van der Waals surface area contributed by atoms with Crippen LogP contribution in [-0.2, 0) is 4.79 Å². The highest BCUT2D eigenvalue weighted by atomic mass is 16.2. The molecule has 0 bridgehead atoms. The summed E-state index contributed by atoms with van der Waals surface area (Å²) in [6, 6.07) is 14.1. The second-order valence-corrected chi connectivity index (χ2v) is 4.76. The zero-order chi connectivity index (χ0) is 15.9. The molecule has 22 heavy (non-hydrogen) atoms. The van der Waals surface area contributed by atoms with Crippen LogP contribution in [0.5, 0.6) is 0 Å². The first-order valence-corrected chi connectivity index (χ1v) is 6.80. The van der Waals surface area contributed by atoms with E-state index in [0.717, 1.165) is 11.3 Å². The molecule has 2 rings (SSSR count). The number of benzene rings is 2. The molecule has 0 heterocycles. The smallest absolute Gasteiger partial charge is 0.243 e. The zero-order valence-corrected chi connectivity index (χ0v) is 12.2. The SMILES string of the molecule is C#Cc1cccc(NCC(=O)Nc2ccc(C(C)=O)cc2)c1. The summed E-state index contributed by atoms with van der Waals surface area (Å²) >= 11 is 0. The Morgan fingerprint density at radius 1 is 1.09 bits per heavy atom. The molecule has 1 amide bonds. The molecule has 0 aliphatic rings. The minimum Gasteiger partial charge on any atom is -0.376 e. The molecule has 4 heteroatoms. The Balaban J connectivity index is 1.90. The number of amides is 1. The van der Waals surface area contributed by atoms with Gasteiger partial charge in [-0.05, 0) is 49.4 Å². The Hall–Kier alpha value is -3.06. The summed E-state index contributed by atoms with van der Waals surface area (Å²) in [6.45, 7) is 1.63. The molecule has 0 radical (unpaired) electrons. The largest absolute Gasteiger partial charge is 0.376 e. The Morgan fingerprint density at radius 3 is 2.45 bits per heavy atom. The molecule has 0 spiro atoms. The number of carbonyl (C=O) groups excluding carboxylic acids is 2. The molecular formula is C18H16N2O2. The minimum atomic E-state index is -0.179. The van der Waals surface area contributed by atoms with Crippen LogP contribution in [0.3, 0.4) is 0 Å². The van der Waals surface area contributed by atoms with E-state index in [0.29, 0.717) is 11.3 Å². The molecule has 0 aliphatic carbocycles. The van der Waals surface area contributed by atoms with Crippen LogP contribution in [0.2, 0.25) is 0 Å². The van der Waals surface area contributed by atoms with Crippen molar-refractivity contribution in [2.45, 2.75) is 6.92 Å². The van der Waals surface area contributed by atoms with E-state index in [2.05, 4.69) is 16.6 Å². The lowest BCUT2D eigenvalue weighted by Gasteiger charge is -2.08. The topological polar surface area (TPSA) is 58.2 Å². The minimum absolute atomic E-state index is 0.00654. The average Bonchev–Trinajstić information content (AvgIpc) is 2.53. The lowest BCUT2D eigenvalue weighted by molar-refractivity contribution is -0.114. The van der Waals surface area contributed by atoms with Gasteiger partial charge in [0.05, 0.1) is 6.54 Å². The standard InChI is InChI=1S/C18H16N2O2/c1-3-14-5-4-6-17(11-14)19-12-18(22)20-16-9-7-15(8-10-16)13(2)21/h1,4-11,19H,12H2,2H3,(H,20,22). The van der Waals surface area contributed by atoms with Crippen LogP contribution in [0, 0.1) is 12.3 Å². The van der Waals surface area contributed by atoms with Crippen LogP contribution in [0.1, 0.15) is 22.8 Å². The van der Waals surface area contributed by atoms with Crippen LogP contribution in [-0.4, -0.2) is 18.2 Å². The fraction of sp³-hybridized carbons (Fsp3) is 0.111. The summed E-state index contributed by atoms with van der Waals surface area (Å²) in [5.74, 6) is 2.36. The fourth-order valence-corrected chi connectivity index (χ4v) is 1.89. The molecule has 0 atom stereocenters. The predicted molar refractivity (Wildman–Crippen MR) is 87.9 cm³/mol. The van der Waals surface area contributed by atoms with E-state index in [-0.39, 0.29) is 18.2 Å². The quantitative estimate of drug-likeness (QED) is 0.658. The Kier molecular flexibility index (Phi) is 4.94. The maximum absolute atomic E-state index is 11.9. The first-order chi connectivity index (χ1) is 10.6. The van der Waals surface area contributed by atoms with Gasteiger partial charge in [0.15, 0.2) is 5.78 Å². The number of Topliss-reactive ketones (excluding diaryl/α,β-unsaturated/α-hetero) is 1. The monoisotopic (exact) mass is 292 g/mol. The van der Waals surface area contributed by atoms with Crippen LogP contribution in [0.15, 0.2) is 48.5 Å². The van der Waals surface area contributed by atoms with Crippen molar-refractivity contribution in [2.24, 2.45) is 0 Å². The third kappa shape index (κ3) is 4.22. The van der Waals surface area contributed by atoms with E-state index < -0.39 is 0 Å². The van der Waals surface area contributed by atoms with E-state index >= 15 is 0 Å². The van der Waals surface area contributed by atoms with Gasteiger partial charge in [-0.15, -0.1) is 6.42 Å². The summed E-state index contributed by atoms with van der Waals surface area (Å²) in [5.41, 5.74) is 2.80. The van der Waals surface area contributed by atoms with Crippen molar-refractivity contribution in [1.29, 1.82) is 0 Å². The van der Waals surface area contributed by atoms with Crippen LogP contribution < -0.4 is 10.6 Å². The number of hydrogen-bond donors (Lipinski definition) is 2. The molecule has 0 aliphatic heterocycles. The lowest BCUT2D eigenvalue weighted by Crippen LogP contribution is -2.21. The van der Waals surface area contributed by atoms with Gasteiger partial charge in [-0.3, -0.25) is 9.59 Å². The molecule has 0 fully saturated rings. The number of hydrogen-bond acceptors (Lipinski definition) is 3. The maximum atomic E-state index is 11.9. The summed E-state index contributed by atoms with van der Waals surface area (Å²) < 4.78 is 0. The molecule has 2 aromatic carbocycles. The number of ketones is 1. The lowest BCUT2D eigenvalue weighted by atomic mass is 10.1. The number of carbonyl (C=O) groups is 2. The third-order valence-corrected chi connectivity index (χ3v) is 3.06. The van der Waals surface area contributed by atoms with Gasteiger partial charge in [0.1, 0.15) is 0 Å². The first kappa shape index (κ1) is 15.3. The molecule has 2 aromatic rings. The van der Waals surface area contributed by atoms with Gasteiger partial charge in [-0.25, -0.2) is 0 Å². The molecule has 0 unspecified atom stereocenters. The van der Waals surface area contributed by atoms with Crippen LogP contribution in [0.25, 0.3) is 0 Å². The van der Waals surface area contributed by atoms with Crippen molar-refractivity contribution in [1.82, 2.24) is 0 Å². The first-order valence-electron chi connectivity index (χ1n) is 6.80. The zero-order valence-electron chi connectivity index (χ0n) is 12.2. The number of terminal acetylenes is 1. The normalized spacial score (nSPS) is 9.64. The van der Waals surface area contributed by atoms with E-state index in [9.17, 15) is 9.59 Å². The Morgan fingerprint density at radius 2 is 1.82 bits per heavy atom. The van der Waals surface area contributed by atoms with Crippen molar-refractivity contribution >= 4 is 23.1 Å². The second-order valence-electron chi connectivity index (χ2n) is 4.76. The molecular weight excluding hydrogens is 276 g/mol. The van der Waals surface area contributed by atoms with Gasteiger partial charge < -0.3 is 10.6 Å². The number of nitrogens with one attached hydrogen (secondary N) is 2. The fourth-order valence-electron chi connectivity index (χ4n) is 1.89. The number of anilines is 2. The van der Waals surface area contributed by atoms with E-state index in [1.54, 1.807) is 30.3 Å². The second kappa shape index (κ2) is 7.09. The highest BCUT2D eigenvalue weighted by Gasteiger charge is 2.04. The molecule has 0 saturated heterocycles. The van der Waals surface area contributed by atoms with Gasteiger partial charge >= 0.3 is 0 Å². The summed E-state index contributed by atoms with van der Waals surface area (Å²) in [4.78, 5) is 23.1. The van der Waals surface area contributed by atoms with Gasteiger partial charge in [0, 0.05) is 22.5 Å². The van der Waals surface area contributed by atoms with E-state index in [1.807, 2.05) is 18.2 Å². The van der Waals surface area contributed by atoms with E-state index in [4.69, 9.17) is 6.42 Å². The number of rotatable bonds is 5. The van der Waals surface area contributed by atoms with Gasteiger partial charge in [0.25, 0.3) is 0 Å². The van der Waals surface area contributed by atoms with Crippen molar-refractivity contribution < 1.29 is 9.59 Å². The molecule has 2 N–H and O–H groups in total. The Labute approximate surface area is 129 Å². The third-order valence-electron chi connectivity index (χ3n) is 3.06. The van der Waals surface area contributed by atoms with Crippen LogP contribution in [0.4, 0.5) is 11.4 Å². The highest BCUT2D eigenvalue weighted by Crippen LogP contribution is 2.11. The molecule has 0 saturated carbocycles. The van der Waals surface area contributed by atoms with Crippen molar-refractivity contribution in [3.8, 4) is 12.3 Å². The van der Waals surface area contributed by atoms with Crippen molar-refractivity contribution in [2.75, 3.05) is 17.2 Å². The maximum Gasteiger partial charge on any atom is 0.243 e. The average molecular weight is 292 g/mol. The van der Waals surface area contributed by atoms with Crippen LogP contribution >= 0.6 is 0 Å². The van der Waals surface area contributed by atoms with Gasteiger partial charge in [-0.1, -0.05) is 12.0 Å². The summed E-state index contributed by atoms with van der Waals surface area (Å²) in [5, 5.41) is 5.76. The molecule has 0 aromatic heterocycles. The summed E-state index contributed by atoms with van der Waals surface area (Å²) in [6.07, 6.45) is 5.33. The Bertz CT molecular complexity index is 727. The van der Waals surface area contributed by atoms with Gasteiger partial charge in [0.2, 0.25) is 5.91 Å². The van der Waals surface area contributed by atoms with Crippen molar-refractivity contribution in [3.05, 3.63) is 59.7 Å². The van der Waals surface area contributed by atoms with Crippen molar-refractivity contribution in [3.63, 3.8) is 0 Å². The predicted octanol–water partition coefficient (Wildman–Crippen LogP) is 2.92. The molecule has 110 valence electrons. The summed E-state index contributed by atoms with van der Waals surface area (Å²) in [7, 11) is 0. The molecule has 4 nitrogen and oxygen atoms in total. The van der Waals surface area contributed by atoms with E-state index in [1.165, 1.54) is 6.92 Å².